The molecular formula is C22H18N2O3. The van der Waals surface area contributed by atoms with E-state index in [2.05, 4.69) is 5.32 Å². The third kappa shape index (κ3) is 4.44. The molecule has 0 spiro atoms. The molecule has 0 radical (unpaired) electrons. The van der Waals surface area contributed by atoms with Crippen LogP contribution in [0.1, 0.15) is 11.3 Å². The Labute approximate surface area is 157 Å². The topological polar surface area (TPSA) is 75.3 Å². The number of methoxy groups -OCH3 is 1. The molecular weight excluding hydrogens is 340 g/mol. The minimum atomic E-state index is -0.504. The van der Waals surface area contributed by atoms with Gasteiger partial charge in [-0.15, -0.1) is 0 Å². The average molecular weight is 358 g/mol. The predicted octanol–water partition coefficient (Wildman–Crippen LogP) is 4.81. The molecule has 0 aliphatic rings. The summed E-state index contributed by atoms with van der Waals surface area (Å²) >= 11 is 0. The van der Waals surface area contributed by atoms with Crippen molar-refractivity contribution in [2.45, 2.75) is 6.92 Å². The lowest BCUT2D eigenvalue weighted by molar-refractivity contribution is -0.112. The number of anilines is 1. The minimum Gasteiger partial charge on any atom is -0.497 e. The van der Waals surface area contributed by atoms with Gasteiger partial charge in [0.25, 0.3) is 5.91 Å². The summed E-state index contributed by atoms with van der Waals surface area (Å²) in [7, 11) is 1.57. The first-order valence-corrected chi connectivity index (χ1v) is 8.33. The van der Waals surface area contributed by atoms with Crippen molar-refractivity contribution in [2.24, 2.45) is 0 Å². The van der Waals surface area contributed by atoms with Gasteiger partial charge in [0.1, 0.15) is 28.9 Å². The summed E-state index contributed by atoms with van der Waals surface area (Å²) in [6.07, 6.45) is 1.43. The van der Waals surface area contributed by atoms with Crippen LogP contribution >= 0.6 is 0 Å². The summed E-state index contributed by atoms with van der Waals surface area (Å²) in [5, 5.41) is 12.0. The Bertz CT molecular complexity index is 1010. The molecule has 0 aliphatic heterocycles. The van der Waals surface area contributed by atoms with Gasteiger partial charge in [0.15, 0.2) is 0 Å². The predicted molar refractivity (Wildman–Crippen MR) is 104 cm³/mol. The summed E-state index contributed by atoms with van der Waals surface area (Å²) in [5.41, 5.74) is 2.62. The molecule has 0 saturated carbocycles. The maximum atomic E-state index is 12.3. The number of nitriles is 1. The lowest BCUT2D eigenvalue weighted by atomic mass is 10.1. The molecule has 1 N–H and O–H groups in total. The number of rotatable bonds is 5. The van der Waals surface area contributed by atoms with Crippen LogP contribution in [0.25, 0.3) is 17.4 Å². The van der Waals surface area contributed by atoms with E-state index in [1.807, 2.05) is 43.3 Å². The summed E-state index contributed by atoms with van der Waals surface area (Å²) in [4.78, 5) is 12.3. The first kappa shape index (κ1) is 18.0. The number of amides is 1. The Morgan fingerprint density at radius 1 is 1.07 bits per heavy atom. The lowest BCUT2D eigenvalue weighted by Crippen LogP contribution is -2.13. The van der Waals surface area contributed by atoms with Crippen molar-refractivity contribution in [3.63, 3.8) is 0 Å². The highest BCUT2D eigenvalue weighted by atomic mass is 16.5. The van der Waals surface area contributed by atoms with Crippen molar-refractivity contribution in [2.75, 3.05) is 12.4 Å². The van der Waals surface area contributed by atoms with Crippen LogP contribution in [0.4, 0.5) is 5.69 Å². The van der Waals surface area contributed by atoms with Crippen molar-refractivity contribution in [3.8, 4) is 23.1 Å². The highest BCUT2D eigenvalue weighted by molar-refractivity contribution is 6.09. The van der Waals surface area contributed by atoms with Crippen LogP contribution in [-0.2, 0) is 4.79 Å². The highest BCUT2D eigenvalue weighted by Crippen LogP contribution is 2.24. The molecule has 2 aromatic carbocycles. The van der Waals surface area contributed by atoms with Gasteiger partial charge in [0, 0.05) is 17.3 Å². The number of ether oxygens (including phenoxy) is 1. The zero-order chi connectivity index (χ0) is 19.2. The average Bonchev–Trinajstić information content (AvgIpc) is 3.16. The van der Waals surface area contributed by atoms with Gasteiger partial charge in [-0.1, -0.05) is 29.8 Å². The van der Waals surface area contributed by atoms with E-state index >= 15 is 0 Å². The smallest absolute Gasteiger partial charge is 0.266 e. The van der Waals surface area contributed by atoms with Crippen LogP contribution in [0.15, 0.2) is 70.7 Å². The molecule has 27 heavy (non-hydrogen) atoms. The molecule has 3 rings (SSSR count). The number of carbonyl (C=O) groups is 1. The molecule has 1 heterocycles. The number of hydrogen-bond acceptors (Lipinski definition) is 4. The zero-order valence-electron chi connectivity index (χ0n) is 15.0. The second-order valence-corrected chi connectivity index (χ2v) is 5.92. The summed E-state index contributed by atoms with van der Waals surface area (Å²) in [6, 6.07) is 20.2. The normalized spacial score (nSPS) is 10.9. The maximum absolute atomic E-state index is 12.3. The number of nitrogens with zero attached hydrogens (tertiary/aromatic N) is 1. The molecule has 134 valence electrons. The number of nitrogens with one attached hydrogen (secondary N) is 1. The third-order valence-corrected chi connectivity index (χ3v) is 3.96. The SMILES string of the molecule is COc1ccc(NC(=O)/C(C#N)=C/c2ccc(-c3ccc(C)cc3)o2)cc1. The van der Waals surface area contributed by atoms with Gasteiger partial charge in [-0.2, -0.15) is 5.26 Å². The highest BCUT2D eigenvalue weighted by Gasteiger charge is 2.11. The number of furan rings is 1. The Kier molecular flexibility index (Phi) is 5.38. The second kappa shape index (κ2) is 8.07. The van der Waals surface area contributed by atoms with E-state index in [-0.39, 0.29) is 5.57 Å². The Morgan fingerprint density at radius 3 is 2.41 bits per heavy atom. The van der Waals surface area contributed by atoms with Crippen molar-refractivity contribution >= 4 is 17.7 Å². The van der Waals surface area contributed by atoms with Crippen molar-refractivity contribution < 1.29 is 13.9 Å². The fourth-order valence-electron chi connectivity index (χ4n) is 2.47. The molecule has 1 aromatic heterocycles. The second-order valence-electron chi connectivity index (χ2n) is 5.92. The van der Waals surface area contributed by atoms with Gasteiger partial charge < -0.3 is 14.5 Å². The van der Waals surface area contributed by atoms with E-state index < -0.39 is 5.91 Å². The molecule has 5 heteroatoms. The number of hydrogen-bond donors (Lipinski definition) is 1. The van der Waals surface area contributed by atoms with E-state index in [0.29, 0.717) is 23.0 Å². The van der Waals surface area contributed by atoms with E-state index in [4.69, 9.17) is 9.15 Å². The molecule has 0 atom stereocenters. The van der Waals surface area contributed by atoms with Crippen LogP contribution in [0.5, 0.6) is 5.75 Å². The first-order chi connectivity index (χ1) is 13.1. The van der Waals surface area contributed by atoms with Gasteiger partial charge in [-0.3, -0.25) is 4.79 Å². The van der Waals surface area contributed by atoms with E-state index in [9.17, 15) is 10.1 Å². The molecule has 0 fully saturated rings. The fourth-order valence-corrected chi connectivity index (χ4v) is 2.47. The first-order valence-electron chi connectivity index (χ1n) is 8.33. The van der Waals surface area contributed by atoms with Gasteiger partial charge in [0.2, 0.25) is 0 Å². The standard InChI is InChI=1S/C22H18N2O3/c1-15-3-5-16(6-4-15)21-12-11-20(27-21)13-17(14-23)22(25)24-18-7-9-19(26-2)10-8-18/h3-13H,1-2H3,(H,24,25)/b17-13+. The fraction of sp³-hybridized carbons (Fsp3) is 0.0909. The van der Waals surface area contributed by atoms with Gasteiger partial charge >= 0.3 is 0 Å². The molecule has 0 unspecified atom stereocenters. The van der Waals surface area contributed by atoms with E-state index in [0.717, 1.165) is 11.1 Å². The van der Waals surface area contributed by atoms with Gasteiger partial charge in [-0.25, -0.2) is 0 Å². The van der Waals surface area contributed by atoms with Gasteiger partial charge in [-0.05, 0) is 43.3 Å². The summed E-state index contributed by atoms with van der Waals surface area (Å²) in [6.45, 7) is 2.01. The number of aryl methyl sites for hydroxylation is 1. The lowest BCUT2D eigenvalue weighted by Gasteiger charge is -2.05. The zero-order valence-corrected chi connectivity index (χ0v) is 15.0. The van der Waals surface area contributed by atoms with E-state index in [1.165, 1.54) is 6.08 Å². The van der Waals surface area contributed by atoms with Crippen LogP contribution in [0.2, 0.25) is 0 Å². The van der Waals surface area contributed by atoms with Crippen molar-refractivity contribution in [1.29, 1.82) is 5.26 Å². The number of carbonyl (C=O) groups excluding carboxylic acids is 1. The molecule has 5 nitrogen and oxygen atoms in total. The quantitative estimate of drug-likeness (QED) is 0.525. The van der Waals surface area contributed by atoms with Gasteiger partial charge in [0.05, 0.1) is 7.11 Å². The largest absolute Gasteiger partial charge is 0.497 e. The summed E-state index contributed by atoms with van der Waals surface area (Å²) in [5.74, 6) is 1.29. The number of benzene rings is 2. The molecule has 0 bridgehead atoms. The van der Waals surface area contributed by atoms with Crippen LogP contribution in [0, 0.1) is 18.3 Å². The Morgan fingerprint density at radius 2 is 1.78 bits per heavy atom. The summed E-state index contributed by atoms with van der Waals surface area (Å²) < 4.78 is 10.8. The Balaban J connectivity index is 1.76. The minimum absolute atomic E-state index is 0.0457. The van der Waals surface area contributed by atoms with E-state index in [1.54, 1.807) is 37.4 Å². The molecule has 3 aromatic rings. The maximum Gasteiger partial charge on any atom is 0.266 e. The van der Waals surface area contributed by atoms with Crippen molar-refractivity contribution in [1.82, 2.24) is 0 Å². The monoisotopic (exact) mass is 358 g/mol. The van der Waals surface area contributed by atoms with Crippen molar-refractivity contribution in [3.05, 3.63) is 77.6 Å². The van der Waals surface area contributed by atoms with Crippen LogP contribution < -0.4 is 10.1 Å². The molecule has 1 amide bonds. The Hall–Kier alpha value is -3.78. The van der Waals surface area contributed by atoms with Crippen LogP contribution in [0.3, 0.4) is 0 Å². The molecule has 0 saturated heterocycles. The third-order valence-electron chi connectivity index (χ3n) is 3.96. The molecule has 0 aliphatic carbocycles. The van der Waals surface area contributed by atoms with Crippen LogP contribution in [-0.4, -0.2) is 13.0 Å².